The molecule has 4 rings (SSSR count). The summed E-state index contributed by atoms with van der Waals surface area (Å²) in [5.74, 6) is -0.831. The summed E-state index contributed by atoms with van der Waals surface area (Å²) in [6.45, 7) is 0. The van der Waals surface area contributed by atoms with E-state index < -0.39 is 17.8 Å². The molecular weight excluding hydrogens is 409 g/mol. The molecule has 0 atom stereocenters. The maximum Gasteiger partial charge on any atom is 0.433 e. The number of aromatic nitrogens is 4. The minimum atomic E-state index is -4.51. The van der Waals surface area contributed by atoms with Crippen LogP contribution in [0.5, 0.6) is 0 Å². The second-order valence-corrected chi connectivity index (χ2v) is 7.15. The summed E-state index contributed by atoms with van der Waals surface area (Å²) in [6, 6.07) is 8.85. The number of rotatable bonds is 5. The van der Waals surface area contributed by atoms with E-state index in [0.717, 1.165) is 10.8 Å². The fraction of sp³-hybridized carbons (Fsp3) is 0.167. The summed E-state index contributed by atoms with van der Waals surface area (Å²) in [4.78, 5) is 18.8. The van der Waals surface area contributed by atoms with Crippen LogP contribution in [0, 0.1) is 0 Å². The van der Waals surface area contributed by atoms with Gasteiger partial charge in [0.25, 0.3) is 0 Å². The predicted molar refractivity (Wildman–Crippen MR) is 96.3 cm³/mol. The summed E-state index contributed by atoms with van der Waals surface area (Å²) in [6.07, 6.45) is -4.65. The molecule has 0 saturated carbocycles. The Morgan fingerprint density at radius 3 is 2.66 bits per heavy atom. The fourth-order valence-electron chi connectivity index (χ4n) is 2.65. The van der Waals surface area contributed by atoms with Crippen LogP contribution >= 0.6 is 11.3 Å². The zero-order valence-electron chi connectivity index (χ0n) is 14.5. The number of pyridine rings is 1. The average Bonchev–Trinajstić information content (AvgIpc) is 3.26. The van der Waals surface area contributed by atoms with Crippen molar-refractivity contribution in [1.29, 1.82) is 0 Å². The van der Waals surface area contributed by atoms with E-state index in [-0.39, 0.29) is 30.3 Å². The lowest BCUT2D eigenvalue weighted by molar-refractivity contribution is -0.141. The Balaban J connectivity index is 1.60. The second-order valence-electron chi connectivity index (χ2n) is 6.03. The van der Waals surface area contributed by atoms with E-state index in [1.54, 1.807) is 18.2 Å². The van der Waals surface area contributed by atoms with Crippen LogP contribution in [0.3, 0.4) is 0 Å². The lowest BCUT2D eigenvalue weighted by atomic mass is 10.1. The molecule has 11 heteroatoms. The predicted octanol–water partition coefficient (Wildman–Crippen LogP) is 3.98. The number of halogens is 3. The van der Waals surface area contributed by atoms with E-state index in [0.29, 0.717) is 16.1 Å². The largest absolute Gasteiger partial charge is 0.481 e. The molecule has 0 aliphatic rings. The van der Waals surface area contributed by atoms with Crippen LogP contribution in [0.25, 0.3) is 21.5 Å². The SMILES string of the molecule is O=C(O)Cc1nnc(Cc2nc3ccc(-c4cccc(C(F)(F)F)n4)cc3s2)o1. The third kappa shape index (κ3) is 4.24. The summed E-state index contributed by atoms with van der Waals surface area (Å²) in [5, 5.41) is 16.9. The molecule has 0 aliphatic heterocycles. The normalized spacial score (nSPS) is 11.8. The van der Waals surface area contributed by atoms with E-state index in [1.165, 1.54) is 23.5 Å². The van der Waals surface area contributed by atoms with E-state index in [4.69, 9.17) is 9.52 Å². The number of carbonyl (C=O) groups is 1. The van der Waals surface area contributed by atoms with Crippen molar-refractivity contribution in [1.82, 2.24) is 20.2 Å². The topological polar surface area (TPSA) is 102 Å². The third-order valence-electron chi connectivity index (χ3n) is 3.88. The summed E-state index contributed by atoms with van der Waals surface area (Å²) in [7, 11) is 0. The molecule has 3 heterocycles. The van der Waals surface area contributed by atoms with Gasteiger partial charge in [0.1, 0.15) is 17.1 Å². The van der Waals surface area contributed by atoms with Gasteiger partial charge >= 0.3 is 12.1 Å². The van der Waals surface area contributed by atoms with E-state index in [9.17, 15) is 18.0 Å². The Morgan fingerprint density at radius 1 is 1.10 bits per heavy atom. The quantitative estimate of drug-likeness (QED) is 0.521. The summed E-state index contributed by atoms with van der Waals surface area (Å²) < 4.78 is 44.7. The molecule has 29 heavy (non-hydrogen) atoms. The number of hydrogen-bond acceptors (Lipinski definition) is 7. The molecule has 0 aliphatic carbocycles. The molecule has 4 aromatic rings. The van der Waals surface area contributed by atoms with E-state index in [1.807, 2.05) is 0 Å². The molecule has 7 nitrogen and oxygen atoms in total. The van der Waals surface area contributed by atoms with E-state index >= 15 is 0 Å². The molecule has 0 unspecified atom stereocenters. The van der Waals surface area contributed by atoms with E-state index in [2.05, 4.69) is 20.2 Å². The minimum absolute atomic E-state index is 0.00604. The van der Waals surface area contributed by atoms with Crippen LogP contribution in [-0.4, -0.2) is 31.2 Å². The molecule has 0 spiro atoms. The molecule has 0 saturated heterocycles. The highest BCUT2D eigenvalue weighted by atomic mass is 32.1. The Hall–Kier alpha value is -3.34. The van der Waals surface area contributed by atoms with Gasteiger partial charge in [0.05, 0.1) is 22.3 Å². The van der Waals surface area contributed by atoms with Crippen LogP contribution in [0.4, 0.5) is 13.2 Å². The van der Waals surface area contributed by atoms with Crippen molar-refractivity contribution in [3.05, 3.63) is 58.9 Å². The van der Waals surface area contributed by atoms with Crippen molar-refractivity contribution < 1.29 is 27.5 Å². The molecule has 148 valence electrons. The van der Waals surface area contributed by atoms with Gasteiger partial charge in [-0.3, -0.25) is 4.79 Å². The first-order valence-corrected chi connectivity index (χ1v) is 9.07. The van der Waals surface area contributed by atoms with Gasteiger partial charge < -0.3 is 9.52 Å². The van der Waals surface area contributed by atoms with Gasteiger partial charge in [-0.2, -0.15) is 13.2 Å². The van der Waals surface area contributed by atoms with Gasteiger partial charge in [-0.05, 0) is 24.3 Å². The first-order valence-electron chi connectivity index (χ1n) is 8.25. The lowest BCUT2D eigenvalue weighted by Crippen LogP contribution is -2.07. The Morgan fingerprint density at radius 2 is 1.90 bits per heavy atom. The van der Waals surface area contributed by atoms with Gasteiger partial charge in [-0.25, -0.2) is 9.97 Å². The maximum absolute atomic E-state index is 12.9. The molecule has 0 fully saturated rings. The van der Waals surface area contributed by atoms with Crippen LogP contribution in [-0.2, 0) is 23.8 Å². The number of alkyl halides is 3. The van der Waals surface area contributed by atoms with Crippen LogP contribution in [0.15, 0.2) is 40.8 Å². The minimum Gasteiger partial charge on any atom is -0.481 e. The number of carboxylic acid groups (broad SMARTS) is 1. The molecule has 0 bridgehead atoms. The maximum atomic E-state index is 12.9. The lowest BCUT2D eigenvalue weighted by Gasteiger charge is -2.07. The first kappa shape index (κ1) is 19.0. The van der Waals surface area contributed by atoms with Crippen LogP contribution < -0.4 is 0 Å². The molecule has 0 amide bonds. The second kappa shape index (κ2) is 7.24. The fourth-order valence-corrected chi connectivity index (χ4v) is 3.65. The van der Waals surface area contributed by atoms with Crippen molar-refractivity contribution in [3.8, 4) is 11.3 Å². The zero-order valence-corrected chi connectivity index (χ0v) is 15.3. The number of nitrogens with zero attached hydrogens (tertiary/aromatic N) is 4. The third-order valence-corrected chi connectivity index (χ3v) is 4.90. The van der Waals surface area contributed by atoms with Crippen LogP contribution in [0.1, 0.15) is 22.5 Å². The highest BCUT2D eigenvalue weighted by Gasteiger charge is 2.32. The van der Waals surface area contributed by atoms with Gasteiger partial charge in [-0.15, -0.1) is 21.5 Å². The van der Waals surface area contributed by atoms with Crippen molar-refractivity contribution in [2.45, 2.75) is 19.0 Å². The number of hydrogen-bond donors (Lipinski definition) is 1. The molecular formula is C18H11F3N4O3S. The number of carboxylic acids is 1. The number of aliphatic carboxylic acids is 1. The standard InChI is InChI=1S/C18H11F3N4O3S/c19-18(20,21)13-3-1-2-10(22-13)9-4-5-11-12(6-9)29-16(23-11)7-14-24-25-15(28-14)8-17(26)27/h1-6H,7-8H2,(H,26,27). The van der Waals surface area contributed by atoms with Gasteiger partial charge in [-0.1, -0.05) is 12.1 Å². The Kier molecular flexibility index (Phi) is 4.74. The Bertz CT molecular complexity index is 1200. The van der Waals surface area contributed by atoms with Crippen LogP contribution in [0.2, 0.25) is 0 Å². The van der Waals surface area contributed by atoms with Gasteiger partial charge in [0.15, 0.2) is 0 Å². The van der Waals surface area contributed by atoms with Gasteiger partial charge in [0.2, 0.25) is 11.8 Å². The monoisotopic (exact) mass is 420 g/mol. The molecule has 0 radical (unpaired) electrons. The highest BCUT2D eigenvalue weighted by Crippen LogP contribution is 2.31. The van der Waals surface area contributed by atoms with Gasteiger partial charge in [0, 0.05) is 5.56 Å². The zero-order chi connectivity index (χ0) is 20.6. The number of thiazole rings is 1. The Labute approximate surface area is 164 Å². The van der Waals surface area contributed by atoms with Crippen molar-refractivity contribution in [3.63, 3.8) is 0 Å². The first-order chi connectivity index (χ1) is 13.8. The number of fused-ring (bicyclic) bond motifs is 1. The summed E-state index contributed by atoms with van der Waals surface area (Å²) in [5.41, 5.74) is 0.479. The van der Waals surface area contributed by atoms with Crippen molar-refractivity contribution in [2.24, 2.45) is 0 Å². The number of benzene rings is 1. The molecule has 1 N–H and O–H groups in total. The average molecular weight is 420 g/mol. The van der Waals surface area contributed by atoms with Crippen molar-refractivity contribution in [2.75, 3.05) is 0 Å². The molecule has 3 aromatic heterocycles. The molecule has 1 aromatic carbocycles. The van der Waals surface area contributed by atoms with Crippen molar-refractivity contribution >= 4 is 27.5 Å². The smallest absolute Gasteiger partial charge is 0.433 e. The summed E-state index contributed by atoms with van der Waals surface area (Å²) >= 11 is 1.33. The highest BCUT2D eigenvalue weighted by molar-refractivity contribution is 7.18.